The number of fused-ring (bicyclic) bond motifs is 1. The van der Waals surface area contributed by atoms with Crippen molar-refractivity contribution in [3.05, 3.63) is 39.9 Å². The molecule has 1 N–H and O–H groups in total. The molecule has 1 atom stereocenters. The van der Waals surface area contributed by atoms with Crippen molar-refractivity contribution in [2.45, 2.75) is 31.0 Å². The molecule has 8 nitrogen and oxygen atoms in total. The Morgan fingerprint density at radius 3 is 2.62 bits per heavy atom. The molecule has 1 aliphatic heterocycles. The number of hydrogen-bond acceptors (Lipinski definition) is 5. The van der Waals surface area contributed by atoms with Crippen molar-refractivity contribution < 1.29 is 18.3 Å². The van der Waals surface area contributed by atoms with E-state index in [0.29, 0.717) is 11.6 Å². The number of carboxylic acids is 1. The van der Waals surface area contributed by atoms with Gasteiger partial charge in [-0.05, 0) is 25.1 Å². The Labute approximate surface area is 147 Å². The van der Waals surface area contributed by atoms with Crippen molar-refractivity contribution in [2.24, 2.45) is 0 Å². The molecular weight excluding hydrogens is 379 g/mol. The maximum atomic E-state index is 12.9. The number of aliphatic carboxylic acids is 1. The van der Waals surface area contributed by atoms with Gasteiger partial charge in [-0.2, -0.15) is 4.31 Å². The molecule has 2 heterocycles. The van der Waals surface area contributed by atoms with Crippen LogP contribution in [0, 0.1) is 6.92 Å². The minimum Gasteiger partial charge on any atom is -0.480 e. The monoisotopic (exact) mass is 390 g/mol. The minimum atomic E-state index is -4.10. The average molecular weight is 391 g/mol. The summed E-state index contributed by atoms with van der Waals surface area (Å²) in [6, 6.07) is 2.56. The first-order valence-electron chi connectivity index (χ1n) is 6.80. The number of rotatable bonds is 3. The summed E-state index contributed by atoms with van der Waals surface area (Å²) in [5, 5.41) is 17.5. The molecule has 128 valence electrons. The van der Waals surface area contributed by atoms with E-state index >= 15 is 0 Å². The first-order chi connectivity index (χ1) is 11.2. The maximum absolute atomic E-state index is 12.9. The van der Waals surface area contributed by atoms with E-state index in [0.717, 1.165) is 4.31 Å². The van der Waals surface area contributed by atoms with Gasteiger partial charge in [0, 0.05) is 0 Å². The Balaban J connectivity index is 2.08. The predicted octanol–water partition coefficient (Wildman–Crippen LogP) is 1.55. The zero-order valence-corrected chi connectivity index (χ0v) is 14.7. The molecule has 2 aromatic rings. The number of aryl methyl sites for hydroxylation is 1. The molecule has 0 bridgehead atoms. The molecule has 0 saturated heterocycles. The Morgan fingerprint density at radius 2 is 2.00 bits per heavy atom. The summed E-state index contributed by atoms with van der Waals surface area (Å²) in [6.45, 7) is 1.42. The van der Waals surface area contributed by atoms with Crippen LogP contribution in [-0.2, 0) is 27.9 Å². The average Bonchev–Trinajstić information content (AvgIpc) is 2.89. The van der Waals surface area contributed by atoms with E-state index in [1.54, 1.807) is 11.5 Å². The van der Waals surface area contributed by atoms with Gasteiger partial charge in [-0.25, -0.2) is 8.42 Å². The Kier molecular flexibility index (Phi) is 4.28. The highest BCUT2D eigenvalue weighted by molar-refractivity contribution is 7.89. The van der Waals surface area contributed by atoms with Gasteiger partial charge in [0.1, 0.15) is 17.7 Å². The van der Waals surface area contributed by atoms with E-state index in [4.69, 9.17) is 23.2 Å². The summed E-state index contributed by atoms with van der Waals surface area (Å²) < 4.78 is 28.3. The second-order valence-corrected chi connectivity index (χ2v) is 7.96. The van der Waals surface area contributed by atoms with Gasteiger partial charge >= 0.3 is 5.97 Å². The number of benzene rings is 1. The quantitative estimate of drug-likeness (QED) is 0.851. The van der Waals surface area contributed by atoms with E-state index in [2.05, 4.69) is 10.2 Å². The molecule has 1 aliphatic rings. The molecule has 0 spiro atoms. The smallest absolute Gasteiger partial charge is 0.323 e. The Bertz CT molecular complexity index is 928. The summed E-state index contributed by atoms with van der Waals surface area (Å²) in [6.07, 6.45) is 0. The number of halogens is 2. The third-order valence-corrected chi connectivity index (χ3v) is 6.39. The van der Waals surface area contributed by atoms with E-state index in [1.807, 2.05) is 0 Å². The van der Waals surface area contributed by atoms with E-state index < -0.39 is 22.0 Å². The van der Waals surface area contributed by atoms with Gasteiger partial charge in [-0.15, -0.1) is 10.2 Å². The fraction of sp³-hybridized carbons (Fsp3) is 0.308. The highest BCUT2D eigenvalue weighted by Crippen LogP contribution is 2.30. The fourth-order valence-electron chi connectivity index (χ4n) is 2.52. The van der Waals surface area contributed by atoms with Crippen molar-refractivity contribution in [3.63, 3.8) is 0 Å². The van der Waals surface area contributed by atoms with Crippen LogP contribution in [0.25, 0.3) is 0 Å². The van der Waals surface area contributed by atoms with Crippen molar-refractivity contribution >= 4 is 39.2 Å². The van der Waals surface area contributed by atoms with E-state index in [1.165, 1.54) is 18.2 Å². The molecule has 3 rings (SSSR count). The second-order valence-electron chi connectivity index (χ2n) is 5.25. The molecule has 24 heavy (non-hydrogen) atoms. The molecule has 0 fully saturated rings. The van der Waals surface area contributed by atoms with Crippen LogP contribution in [0.15, 0.2) is 23.1 Å². The van der Waals surface area contributed by atoms with Gasteiger partial charge in [-0.1, -0.05) is 23.2 Å². The lowest BCUT2D eigenvalue weighted by molar-refractivity contribution is -0.142. The third-order valence-electron chi connectivity index (χ3n) is 3.80. The predicted molar refractivity (Wildman–Crippen MR) is 85.4 cm³/mol. The molecule has 1 unspecified atom stereocenters. The lowest BCUT2D eigenvalue weighted by Gasteiger charge is -2.32. The topological polar surface area (TPSA) is 105 Å². The summed E-state index contributed by atoms with van der Waals surface area (Å²) >= 11 is 11.7. The zero-order chi connectivity index (χ0) is 17.6. The fourth-order valence-corrected chi connectivity index (χ4v) is 4.44. The highest BCUT2D eigenvalue weighted by atomic mass is 35.5. The molecule has 1 aromatic heterocycles. The largest absolute Gasteiger partial charge is 0.480 e. The number of hydrogen-bond donors (Lipinski definition) is 1. The molecule has 11 heteroatoms. The molecule has 0 saturated carbocycles. The Hall–Kier alpha value is -1.68. The lowest BCUT2D eigenvalue weighted by Crippen LogP contribution is -2.50. The summed E-state index contributed by atoms with van der Waals surface area (Å²) in [5.74, 6) is -0.339. The molecule has 0 radical (unpaired) electrons. The maximum Gasteiger partial charge on any atom is 0.323 e. The Morgan fingerprint density at radius 1 is 1.29 bits per heavy atom. The van der Waals surface area contributed by atoms with Crippen molar-refractivity contribution in [1.29, 1.82) is 0 Å². The van der Waals surface area contributed by atoms with Crippen LogP contribution in [0.4, 0.5) is 0 Å². The first-order valence-corrected chi connectivity index (χ1v) is 9.00. The number of sulfonamides is 1. The van der Waals surface area contributed by atoms with E-state index in [-0.39, 0.29) is 28.0 Å². The number of carbonyl (C=O) groups is 1. The lowest BCUT2D eigenvalue weighted by atomic mass is 10.2. The zero-order valence-electron chi connectivity index (χ0n) is 12.3. The number of nitrogens with zero attached hydrogens (tertiary/aromatic N) is 4. The van der Waals surface area contributed by atoms with Crippen LogP contribution < -0.4 is 0 Å². The van der Waals surface area contributed by atoms with Crippen LogP contribution in [0.5, 0.6) is 0 Å². The van der Waals surface area contributed by atoms with Crippen LogP contribution in [-0.4, -0.2) is 44.6 Å². The van der Waals surface area contributed by atoms with E-state index in [9.17, 15) is 18.3 Å². The standard InChI is InChI=1S/C13H12Cl2N4O4S/c1-7-16-17-12-6-19(11(13(20)21)5-18(7)12)24(22,23)8-2-3-9(14)10(15)4-8/h2-4,11H,5-6H2,1H3,(H,20,21). The van der Waals surface area contributed by atoms with Crippen LogP contribution in [0.2, 0.25) is 10.0 Å². The van der Waals surface area contributed by atoms with Gasteiger partial charge < -0.3 is 9.67 Å². The molecule has 0 aliphatic carbocycles. The summed E-state index contributed by atoms with van der Waals surface area (Å²) in [7, 11) is -4.10. The van der Waals surface area contributed by atoms with Crippen LogP contribution >= 0.6 is 23.2 Å². The first kappa shape index (κ1) is 17.2. The summed E-state index contributed by atoms with van der Waals surface area (Å²) in [4.78, 5) is 11.5. The van der Waals surface area contributed by atoms with Gasteiger partial charge in [0.25, 0.3) is 0 Å². The second kappa shape index (κ2) is 5.99. The van der Waals surface area contributed by atoms with Gasteiger partial charge in [0.05, 0.1) is 28.0 Å². The molecule has 1 aromatic carbocycles. The molecule has 0 amide bonds. The van der Waals surface area contributed by atoms with Gasteiger partial charge in [0.15, 0.2) is 0 Å². The number of aromatic nitrogens is 3. The van der Waals surface area contributed by atoms with Crippen molar-refractivity contribution in [2.75, 3.05) is 0 Å². The highest BCUT2D eigenvalue weighted by Gasteiger charge is 2.41. The minimum absolute atomic E-state index is 0.0654. The van der Waals surface area contributed by atoms with Gasteiger partial charge in [0.2, 0.25) is 10.0 Å². The SMILES string of the molecule is Cc1nnc2n1CC(C(=O)O)N(S(=O)(=O)c1ccc(Cl)c(Cl)c1)C2. The van der Waals surface area contributed by atoms with Crippen molar-refractivity contribution in [1.82, 2.24) is 19.1 Å². The van der Waals surface area contributed by atoms with Gasteiger partial charge in [-0.3, -0.25) is 4.79 Å². The van der Waals surface area contributed by atoms with Crippen LogP contribution in [0.1, 0.15) is 11.6 Å². The number of carboxylic acid groups (broad SMARTS) is 1. The summed E-state index contributed by atoms with van der Waals surface area (Å²) in [5.41, 5.74) is 0. The van der Waals surface area contributed by atoms with Crippen molar-refractivity contribution in [3.8, 4) is 0 Å². The third kappa shape index (κ3) is 2.77. The van der Waals surface area contributed by atoms with Crippen LogP contribution in [0.3, 0.4) is 0 Å². The molecular formula is C13H12Cl2N4O4S. The normalized spacial score (nSPS) is 18.4.